The topological polar surface area (TPSA) is 118 Å². The lowest BCUT2D eigenvalue weighted by molar-refractivity contribution is 0.0979. The second-order valence-electron chi connectivity index (χ2n) is 11.9. The number of rotatable bonds is 15. The minimum absolute atomic E-state index is 0.0807. The molecule has 0 unspecified atom stereocenters. The van der Waals surface area contributed by atoms with Gasteiger partial charge < -0.3 is 29.9 Å². The second kappa shape index (κ2) is 16.1. The standard InChI is InChI=1S/C39H42N6O5/c1-3-43(38(47)49-26-28-13-7-5-8-14-28)23-21-40-25-33-30-19-20-32(35-36(30)45(42-33)34-18-12-11-17-31(34)37(35)46)41-22-24-44(4-2)39(48)50-27-29-15-9-6-10-16-29/h5-20,40-41H,3-4,21-27H2,1-2H3. The van der Waals surface area contributed by atoms with Gasteiger partial charge in [-0.1, -0.05) is 72.8 Å². The number of hydrogen-bond donors (Lipinski definition) is 2. The summed E-state index contributed by atoms with van der Waals surface area (Å²) in [5.74, 6) is 0. The normalized spacial score (nSPS) is 11.2. The summed E-state index contributed by atoms with van der Waals surface area (Å²) < 4.78 is 12.9. The molecule has 0 aliphatic carbocycles. The number of carbonyl (C=O) groups excluding carboxylic acids is 2. The molecule has 0 fully saturated rings. The van der Waals surface area contributed by atoms with E-state index in [1.807, 2.05) is 115 Å². The summed E-state index contributed by atoms with van der Waals surface area (Å²) in [5, 5.41) is 13.8. The number of nitrogens with one attached hydrogen (secondary N) is 2. The highest BCUT2D eigenvalue weighted by molar-refractivity contribution is 6.08. The van der Waals surface area contributed by atoms with Crippen molar-refractivity contribution in [1.29, 1.82) is 0 Å². The van der Waals surface area contributed by atoms with Crippen LogP contribution in [0, 0.1) is 0 Å². The van der Waals surface area contributed by atoms with Crippen LogP contribution in [0.15, 0.2) is 102 Å². The molecule has 0 spiro atoms. The summed E-state index contributed by atoms with van der Waals surface area (Å²) in [4.78, 5) is 42.7. The van der Waals surface area contributed by atoms with Gasteiger partial charge in [-0.2, -0.15) is 5.10 Å². The molecule has 6 aromatic rings. The molecule has 258 valence electrons. The number of para-hydroxylation sites is 1. The highest BCUT2D eigenvalue weighted by Gasteiger charge is 2.21. The van der Waals surface area contributed by atoms with E-state index in [1.54, 1.807) is 9.80 Å². The molecule has 0 atom stereocenters. The van der Waals surface area contributed by atoms with E-state index in [4.69, 9.17) is 14.6 Å². The number of pyridine rings is 1. The second-order valence-corrected chi connectivity index (χ2v) is 11.9. The molecule has 0 saturated carbocycles. The monoisotopic (exact) mass is 674 g/mol. The summed E-state index contributed by atoms with van der Waals surface area (Å²) >= 11 is 0. The van der Waals surface area contributed by atoms with Crippen molar-refractivity contribution in [2.75, 3.05) is 44.6 Å². The third kappa shape index (κ3) is 7.63. The van der Waals surface area contributed by atoms with Crippen LogP contribution in [-0.2, 0) is 29.2 Å². The summed E-state index contributed by atoms with van der Waals surface area (Å²) in [6.45, 7) is 7.55. The van der Waals surface area contributed by atoms with E-state index >= 15 is 0 Å². The maximum Gasteiger partial charge on any atom is 0.410 e. The van der Waals surface area contributed by atoms with Crippen LogP contribution in [0.1, 0.15) is 30.7 Å². The Labute approximate surface area is 290 Å². The molecule has 50 heavy (non-hydrogen) atoms. The van der Waals surface area contributed by atoms with Crippen LogP contribution in [0.2, 0.25) is 0 Å². The summed E-state index contributed by atoms with van der Waals surface area (Å²) in [6, 6.07) is 30.6. The number of benzene rings is 4. The molecule has 0 radical (unpaired) electrons. The molecule has 11 nitrogen and oxygen atoms in total. The van der Waals surface area contributed by atoms with Crippen molar-refractivity contribution < 1.29 is 19.1 Å². The molecule has 2 aromatic heterocycles. The summed E-state index contributed by atoms with van der Waals surface area (Å²) in [7, 11) is 0. The van der Waals surface area contributed by atoms with E-state index in [2.05, 4.69) is 10.6 Å². The fraction of sp³-hybridized carbons (Fsp3) is 0.282. The molecule has 2 amide bonds. The van der Waals surface area contributed by atoms with Gasteiger partial charge in [0.1, 0.15) is 13.2 Å². The van der Waals surface area contributed by atoms with Gasteiger partial charge in [-0.3, -0.25) is 4.79 Å². The van der Waals surface area contributed by atoms with E-state index in [0.29, 0.717) is 62.3 Å². The quantitative estimate of drug-likeness (QED) is 0.0969. The molecule has 4 aromatic carbocycles. The van der Waals surface area contributed by atoms with Gasteiger partial charge in [0.05, 0.1) is 22.1 Å². The van der Waals surface area contributed by atoms with Crippen LogP contribution >= 0.6 is 0 Å². The first-order valence-corrected chi connectivity index (χ1v) is 17.0. The van der Waals surface area contributed by atoms with Crippen molar-refractivity contribution in [3.8, 4) is 0 Å². The van der Waals surface area contributed by atoms with Crippen LogP contribution in [0.3, 0.4) is 0 Å². The molecular formula is C39H42N6O5. The van der Waals surface area contributed by atoms with E-state index in [9.17, 15) is 14.4 Å². The van der Waals surface area contributed by atoms with E-state index in [-0.39, 0.29) is 30.8 Å². The van der Waals surface area contributed by atoms with Crippen LogP contribution in [0.25, 0.3) is 27.2 Å². The largest absolute Gasteiger partial charge is 0.445 e. The molecule has 0 aliphatic heterocycles. The van der Waals surface area contributed by atoms with Gasteiger partial charge in [-0.15, -0.1) is 0 Å². The molecular weight excluding hydrogens is 632 g/mol. The predicted molar refractivity (Wildman–Crippen MR) is 196 cm³/mol. The molecule has 2 N–H and O–H groups in total. The van der Waals surface area contributed by atoms with Gasteiger partial charge in [0.25, 0.3) is 0 Å². The summed E-state index contributed by atoms with van der Waals surface area (Å²) in [6.07, 6.45) is -0.744. The number of likely N-dealkylation sites (N-methyl/N-ethyl adjacent to an activating group) is 2. The number of fused-ring (bicyclic) bond motifs is 2. The van der Waals surface area contributed by atoms with Gasteiger partial charge in [0.15, 0.2) is 5.43 Å². The summed E-state index contributed by atoms with van der Waals surface area (Å²) in [5.41, 5.74) is 4.73. The van der Waals surface area contributed by atoms with Crippen molar-refractivity contribution in [2.45, 2.75) is 33.6 Å². The number of nitrogens with zero attached hydrogens (tertiary/aromatic N) is 4. The maximum absolute atomic E-state index is 14.0. The zero-order valence-electron chi connectivity index (χ0n) is 28.4. The van der Waals surface area contributed by atoms with Gasteiger partial charge in [0.2, 0.25) is 0 Å². The lowest BCUT2D eigenvalue weighted by atomic mass is 10.1. The number of amides is 2. The molecule has 6 rings (SSSR count). The molecule has 0 saturated heterocycles. The van der Waals surface area contributed by atoms with Crippen LogP contribution in [-0.4, -0.2) is 70.9 Å². The fourth-order valence-corrected chi connectivity index (χ4v) is 6.06. The number of carbonyl (C=O) groups is 2. The third-order valence-electron chi connectivity index (χ3n) is 8.76. The average molecular weight is 675 g/mol. The Bertz CT molecular complexity index is 2100. The van der Waals surface area contributed by atoms with Crippen molar-refractivity contribution in [2.24, 2.45) is 0 Å². The Morgan fingerprint density at radius 3 is 1.92 bits per heavy atom. The van der Waals surface area contributed by atoms with Gasteiger partial charge in [0, 0.05) is 62.3 Å². The Morgan fingerprint density at radius 2 is 1.30 bits per heavy atom. The smallest absolute Gasteiger partial charge is 0.410 e. The van der Waals surface area contributed by atoms with Crippen LogP contribution in [0.4, 0.5) is 15.3 Å². The Hall–Kier alpha value is -5.68. The highest BCUT2D eigenvalue weighted by Crippen LogP contribution is 2.31. The third-order valence-corrected chi connectivity index (χ3v) is 8.76. The van der Waals surface area contributed by atoms with Crippen LogP contribution in [0.5, 0.6) is 0 Å². The molecule has 0 aliphatic rings. The molecule has 0 bridgehead atoms. The first-order valence-electron chi connectivity index (χ1n) is 17.0. The lowest BCUT2D eigenvalue weighted by Gasteiger charge is -2.21. The van der Waals surface area contributed by atoms with Crippen LogP contribution < -0.4 is 16.1 Å². The fourth-order valence-electron chi connectivity index (χ4n) is 6.06. The zero-order chi connectivity index (χ0) is 34.9. The van der Waals surface area contributed by atoms with E-state index < -0.39 is 0 Å². The SMILES string of the molecule is CCN(CCNCc1nn2c3ccccc3c(=O)c3c(NCCN(CC)C(=O)OCc4ccccc4)ccc1c32)C(=O)OCc1ccccc1. The lowest BCUT2D eigenvalue weighted by Crippen LogP contribution is -2.37. The Morgan fingerprint density at radius 1 is 0.720 bits per heavy atom. The number of hydrogen-bond acceptors (Lipinski definition) is 8. The van der Waals surface area contributed by atoms with Gasteiger partial charge in [-0.05, 0) is 49.2 Å². The van der Waals surface area contributed by atoms with Crippen molar-refractivity contribution in [1.82, 2.24) is 24.7 Å². The first kappa shape index (κ1) is 34.2. The minimum Gasteiger partial charge on any atom is -0.445 e. The number of aromatic nitrogens is 2. The molecule has 11 heteroatoms. The molecule has 2 heterocycles. The zero-order valence-corrected chi connectivity index (χ0v) is 28.4. The van der Waals surface area contributed by atoms with Crippen molar-refractivity contribution in [3.05, 3.63) is 124 Å². The number of anilines is 1. The average Bonchev–Trinajstić information content (AvgIpc) is 3.53. The number of ether oxygens (including phenoxy) is 2. The van der Waals surface area contributed by atoms with Crippen molar-refractivity contribution in [3.63, 3.8) is 0 Å². The Kier molecular flexibility index (Phi) is 11.0. The predicted octanol–water partition coefficient (Wildman–Crippen LogP) is 6.26. The van der Waals surface area contributed by atoms with Gasteiger partial charge in [-0.25, -0.2) is 14.1 Å². The minimum atomic E-state index is -0.388. The highest BCUT2D eigenvalue weighted by atomic mass is 16.6. The maximum atomic E-state index is 14.0. The Balaban J connectivity index is 1.14. The van der Waals surface area contributed by atoms with E-state index in [1.165, 1.54) is 0 Å². The van der Waals surface area contributed by atoms with Crippen molar-refractivity contribution >= 4 is 45.1 Å². The van der Waals surface area contributed by atoms with E-state index in [0.717, 1.165) is 33.2 Å². The first-order chi connectivity index (χ1) is 24.5. The van der Waals surface area contributed by atoms with Gasteiger partial charge >= 0.3 is 12.2 Å².